The minimum absolute atomic E-state index is 0.131. The molecular weight excluding hydrogens is 228 g/mol. The number of pyridine rings is 1. The van der Waals surface area contributed by atoms with Gasteiger partial charge in [0, 0.05) is 24.0 Å². The molecule has 0 amide bonds. The number of aromatic nitrogens is 4. The van der Waals surface area contributed by atoms with E-state index in [1.54, 1.807) is 6.20 Å². The fraction of sp³-hybridized carbons (Fsp3) is 0.154. The van der Waals surface area contributed by atoms with Crippen LogP contribution in [0.3, 0.4) is 0 Å². The minimum Gasteiger partial charge on any atom is -0.294 e. The van der Waals surface area contributed by atoms with Gasteiger partial charge in [-0.1, -0.05) is 6.07 Å². The van der Waals surface area contributed by atoms with E-state index in [0.717, 1.165) is 17.0 Å². The van der Waals surface area contributed by atoms with Crippen molar-refractivity contribution in [2.24, 2.45) is 0 Å². The van der Waals surface area contributed by atoms with Gasteiger partial charge in [-0.15, -0.1) is 0 Å². The van der Waals surface area contributed by atoms with Gasteiger partial charge in [-0.3, -0.25) is 14.9 Å². The Balaban J connectivity index is 2.31. The molecule has 18 heavy (non-hydrogen) atoms. The van der Waals surface area contributed by atoms with E-state index < -0.39 is 0 Å². The molecule has 0 bridgehead atoms. The lowest BCUT2D eigenvalue weighted by Crippen LogP contribution is -2.14. The summed E-state index contributed by atoms with van der Waals surface area (Å²) in [6, 6.07) is 7.15. The first kappa shape index (κ1) is 10.7. The van der Waals surface area contributed by atoms with Gasteiger partial charge < -0.3 is 0 Å². The van der Waals surface area contributed by atoms with E-state index in [2.05, 4.69) is 15.1 Å². The van der Waals surface area contributed by atoms with E-state index >= 15 is 0 Å². The van der Waals surface area contributed by atoms with Gasteiger partial charge in [0.1, 0.15) is 0 Å². The van der Waals surface area contributed by atoms with Crippen LogP contribution in [-0.4, -0.2) is 19.6 Å². The zero-order chi connectivity index (χ0) is 12.7. The monoisotopic (exact) mass is 240 g/mol. The zero-order valence-corrected chi connectivity index (χ0v) is 10.1. The molecule has 0 aliphatic carbocycles. The van der Waals surface area contributed by atoms with Crippen LogP contribution in [0.2, 0.25) is 0 Å². The maximum Gasteiger partial charge on any atom is 0.273 e. The summed E-state index contributed by atoms with van der Waals surface area (Å²) in [5.74, 6) is 0. The van der Waals surface area contributed by atoms with Crippen molar-refractivity contribution in [1.29, 1.82) is 0 Å². The third-order valence-electron chi connectivity index (χ3n) is 2.83. The van der Waals surface area contributed by atoms with E-state index in [9.17, 15) is 4.79 Å². The maximum atomic E-state index is 12.0. The maximum absolute atomic E-state index is 12.0. The van der Waals surface area contributed by atoms with Crippen LogP contribution in [0.15, 0.2) is 35.3 Å². The summed E-state index contributed by atoms with van der Waals surface area (Å²) in [6.45, 7) is 3.84. The summed E-state index contributed by atoms with van der Waals surface area (Å²) in [6.07, 6.45) is 1.70. The first-order valence-electron chi connectivity index (χ1n) is 5.66. The number of aromatic amines is 1. The van der Waals surface area contributed by atoms with Gasteiger partial charge in [0.25, 0.3) is 5.56 Å². The van der Waals surface area contributed by atoms with E-state index in [0.29, 0.717) is 11.3 Å². The van der Waals surface area contributed by atoms with Crippen molar-refractivity contribution in [3.63, 3.8) is 0 Å². The highest BCUT2D eigenvalue weighted by atomic mass is 16.1. The molecule has 5 nitrogen and oxygen atoms in total. The van der Waals surface area contributed by atoms with Gasteiger partial charge in [0.05, 0.1) is 11.4 Å². The van der Waals surface area contributed by atoms with Gasteiger partial charge in [0.15, 0.2) is 5.65 Å². The Kier molecular flexibility index (Phi) is 2.26. The molecule has 0 fully saturated rings. The molecule has 0 saturated heterocycles. The molecule has 0 atom stereocenters. The normalized spacial score (nSPS) is 11.0. The zero-order valence-electron chi connectivity index (χ0n) is 10.1. The van der Waals surface area contributed by atoms with E-state index in [-0.39, 0.29) is 5.56 Å². The van der Waals surface area contributed by atoms with Crippen LogP contribution in [0, 0.1) is 13.8 Å². The van der Waals surface area contributed by atoms with Crippen molar-refractivity contribution in [1.82, 2.24) is 19.6 Å². The second kappa shape index (κ2) is 3.80. The van der Waals surface area contributed by atoms with Crippen LogP contribution in [0.1, 0.15) is 11.3 Å². The topological polar surface area (TPSA) is 63.1 Å². The lowest BCUT2D eigenvalue weighted by atomic mass is 10.1. The van der Waals surface area contributed by atoms with Crippen molar-refractivity contribution in [2.75, 3.05) is 0 Å². The summed E-state index contributed by atoms with van der Waals surface area (Å²) in [7, 11) is 0. The van der Waals surface area contributed by atoms with E-state index in [1.165, 1.54) is 10.6 Å². The van der Waals surface area contributed by atoms with Gasteiger partial charge in [0.2, 0.25) is 0 Å². The Labute approximate surface area is 103 Å². The quantitative estimate of drug-likeness (QED) is 0.704. The van der Waals surface area contributed by atoms with E-state index in [1.807, 2.05) is 32.0 Å². The van der Waals surface area contributed by atoms with Crippen LogP contribution in [0.5, 0.6) is 0 Å². The predicted molar refractivity (Wildman–Crippen MR) is 68.5 cm³/mol. The smallest absolute Gasteiger partial charge is 0.273 e. The van der Waals surface area contributed by atoms with Crippen LogP contribution in [0.25, 0.3) is 17.0 Å². The molecule has 90 valence electrons. The molecular formula is C13H12N4O. The van der Waals surface area contributed by atoms with Crippen LogP contribution in [-0.2, 0) is 0 Å². The van der Waals surface area contributed by atoms with Crippen molar-refractivity contribution >= 4 is 5.65 Å². The molecule has 0 aromatic carbocycles. The highest BCUT2D eigenvalue weighted by Gasteiger charge is 2.09. The van der Waals surface area contributed by atoms with Crippen molar-refractivity contribution in [2.45, 2.75) is 13.8 Å². The fourth-order valence-corrected chi connectivity index (χ4v) is 1.99. The first-order chi connectivity index (χ1) is 8.65. The summed E-state index contributed by atoms with van der Waals surface area (Å²) in [5, 5.41) is 2.94. The number of nitrogens with zero attached hydrogens (tertiary/aromatic N) is 3. The molecule has 0 radical (unpaired) electrons. The lowest BCUT2D eigenvalue weighted by molar-refractivity contribution is 0.881. The van der Waals surface area contributed by atoms with Gasteiger partial charge in [-0.25, -0.2) is 9.50 Å². The largest absolute Gasteiger partial charge is 0.294 e. The molecule has 0 spiro atoms. The van der Waals surface area contributed by atoms with Gasteiger partial charge >= 0.3 is 0 Å². The summed E-state index contributed by atoms with van der Waals surface area (Å²) in [5.41, 5.74) is 3.73. The Morgan fingerprint density at radius 3 is 2.89 bits per heavy atom. The molecule has 0 aliphatic rings. The third kappa shape index (κ3) is 1.60. The van der Waals surface area contributed by atoms with Crippen molar-refractivity contribution in [3.05, 3.63) is 52.1 Å². The average molecular weight is 240 g/mol. The highest BCUT2D eigenvalue weighted by Crippen LogP contribution is 2.17. The molecule has 0 saturated carbocycles. The Morgan fingerprint density at radius 2 is 2.11 bits per heavy atom. The van der Waals surface area contributed by atoms with Gasteiger partial charge in [-0.05, 0) is 25.5 Å². The number of rotatable bonds is 1. The number of hydrogen-bond donors (Lipinski definition) is 1. The molecule has 3 rings (SSSR count). The number of hydrogen-bond acceptors (Lipinski definition) is 3. The second-order valence-electron chi connectivity index (χ2n) is 4.28. The first-order valence-corrected chi connectivity index (χ1v) is 5.66. The van der Waals surface area contributed by atoms with Crippen molar-refractivity contribution in [3.8, 4) is 11.4 Å². The molecule has 3 aromatic rings. The Morgan fingerprint density at radius 1 is 1.28 bits per heavy atom. The van der Waals surface area contributed by atoms with Crippen LogP contribution in [0.4, 0.5) is 0 Å². The Bertz CT molecular complexity index is 785. The number of nitrogens with one attached hydrogen (secondary N) is 1. The predicted octanol–water partition coefficient (Wildman–Crippen LogP) is 1.70. The highest BCUT2D eigenvalue weighted by molar-refractivity contribution is 5.60. The minimum atomic E-state index is -0.131. The summed E-state index contributed by atoms with van der Waals surface area (Å²) in [4.78, 5) is 20.7. The number of aryl methyl sites for hydroxylation is 2. The second-order valence-corrected chi connectivity index (χ2v) is 4.28. The SMILES string of the molecule is Cc1cc2nc(-c3ncccc3C)cc(=O)n2[nH]1. The van der Waals surface area contributed by atoms with Crippen molar-refractivity contribution < 1.29 is 0 Å². The van der Waals surface area contributed by atoms with Gasteiger partial charge in [-0.2, -0.15) is 0 Å². The summed E-state index contributed by atoms with van der Waals surface area (Å²) >= 11 is 0. The lowest BCUT2D eigenvalue weighted by Gasteiger charge is -2.03. The molecule has 0 unspecified atom stereocenters. The van der Waals surface area contributed by atoms with Crippen LogP contribution < -0.4 is 5.56 Å². The third-order valence-corrected chi connectivity index (χ3v) is 2.83. The standard InChI is InChI=1S/C13H12N4O/c1-8-4-3-5-14-13(8)10-7-12(18)17-11(15-10)6-9(2)16-17/h3-7,16H,1-2H3. The number of fused-ring (bicyclic) bond motifs is 1. The average Bonchev–Trinajstić information content (AvgIpc) is 2.71. The molecule has 1 N–H and O–H groups in total. The van der Waals surface area contributed by atoms with E-state index in [4.69, 9.17) is 0 Å². The molecule has 3 aromatic heterocycles. The fourth-order valence-electron chi connectivity index (χ4n) is 1.99. The number of H-pyrrole nitrogens is 1. The van der Waals surface area contributed by atoms with Crippen LogP contribution >= 0.6 is 0 Å². The molecule has 3 heterocycles. The molecule has 5 heteroatoms. The summed E-state index contributed by atoms with van der Waals surface area (Å²) < 4.78 is 1.43. The Hall–Kier alpha value is -2.43. The molecule has 0 aliphatic heterocycles.